The van der Waals surface area contributed by atoms with E-state index < -0.39 is 0 Å². The van der Waals surface area contributed by atoms with Gasteiger partial charge in [-0.05, 0) is 43.5 Å². The molecule has 0 bridgehead atoms. The zero-order valence-electron chi connectivity index (χ0n) is 14.3. The Morgan fingerprint density at radius 2 is 1.48 bits per heavy atom. The molecule has 0 aromatic heterocycles. The van der Waals surface area contributed by atoms with E-state index in [4.69, 9.17) is 0 Å². The number of hydrogen-bond acceptors (Lipinski definition) is 2. The van der Waals surface area contributed by atoms with Gasteiger partial charge in [-0.2, -0.15) is 0 Å². The first-order chi connectivity index (χ1) is 10.3. The third kappa shape index (κ3) is 7.52. The maximum Gasteiger partial charge on any atom is 0.0366 e. The van der Waals surface area contributed by atoms with Gasteiger partial charge in [-0.3, -0.25) is 0 Å². The van der Waals surface area contributed by atoms with E-state index in [0.29, 0.717) is 0 Å². The van der Waals surface area contributed by atoms with Gasteiger partial charge in [0, 0.05) is 25.3 Å². The number of benzene rings is 1. The molecule has 0 amide bonds. The molecule has 1 N–H and O–H groups in total. The van der Waals surface area contributed by atoms with Gasteiger partial charge in [0.25, 0.3) is 0 Å². The SMILES string of the molecule is CCCCCN(CCCC)c1ccc(CNCCC)cc1. The van der Waals surface area contributed by atoms with Crippen LogP contribution in [0.1, 0.15) is 64.9 Å². The number of rotatable bonds is 12. The number of anilines is 1. The molecule has 0 radical (unpaired) electrons. The Balaban J connectivity index is 2.55. The molecule has 0 atom stereocenters. The maximum absolute atomic E-state index is 3.46. The van der Waals surface area contributed by atoms with Crippen LogP contribution in [0.3, 0.4) is 0 Å². The van der Waals surface area contributed by atoms with Crippen molar-refractivity contribution in [3.63, 3.8) is 0 Å². The Bertz CT molecular complexity index is 345. The molecule has 0 saturated heterocycles. The average molecular weight is 290 g/mol. The van der Waals surface area contributed by atoms with Gasteiger partial charge in [0.15, 0.2) is 0 Å². The number of hydrogen-bond donors (Lipinski definition) is 1. The summed E-state index contributed by atoms with van der Waals surface area (Å²) in [6.07, 6.45) is 7.68. The highest BCUT2D eigenvalue weighted by molar-refractivity contribution is 5.47. The summed E-state index contributed by atoms with van der Waals surface area (Å²) in [6, 6.07) is 9.14. The molecular weight excluding hydrogens is 256 g/mol. The van der Waals surface area contributed by atoms with Crippen LogP contribution in [-0.2, 0) is 6.54 Å². The van der Waals surface area contributed by atoms with Gasteiger partial charge in [-0.15, -0.1) is 0 Å². The normalized spacial score (nSPS) is 10.8. The van der Waals surface area contributed by atoms with Crippen LogP contribution in [0.25, 0.3) is 0 Å². The molecule has 0 fully saturated rings. The fourth-order valence-electron chi connectivity index (χ4n) is 2.51. The highest BCUT2D eigenvalue weighted by Gasteiger charge is 2.05. The van der Waals surface area contributed by atoms with Crippen LogP contribution in [0, 0.1) is 0 Å². The van der Waals surface area contributed by atoms with Crippen molar-refractivity contribution in [3.05, 3.63) is 29.8 Å². The molecule has 0 aliphatic heterocycles. The lowest BCUT2D eigenvalue weighted by molar-refractivity contribution is 0.652. The van der Waals surface area contributed by atoms with Crippen LogP contribution in [0.2, 0.25) is 0 Å². The second-order valence-electron chi connectivity index (χ2n) is 5.89. The van der Waals surface area contributed by atoms with Gasteiger partial charge in [-0.25, -0.2) is 0 Å². The first-order valence-corrected chi connectivity index (χ1v) is 8.86. The summed E-state index contributed by atoms with van der Waals surface area (Å²) in [5.41, 5.74) is 2.77. The first kappa shape index (κ1) is 18.0. The number of nitrogens with one attached hydrogen (secondary N) is 1. The Hall–Kier alpha value is -1.02. The van der Waals surface area contributed by atoms with Crippen LogP contribution in [0.4, 0.5) is 5.69 Å². The van der Waals surface area contributed by atoms with Gasteiger partial charge in [0.1, 0.15) is 0 Å². The van der Waals surface area contributed by atoms with Crippen molar-refractivity contribution in [1.29, 1.82) is 0 Å². The quantitative estimate of drug-likeness (QED) is 0.546. The molecule has 2 heteroatoms. The predicted molar refractivity (Wildman–Crippen MR) is 95.1 cm³/mol. The highest BCUT2D eigenvalue weighted by Crippen LogP contribution is 2.17. The van der Waals surface area contributed by atoms with Gasteiger partial charge in [-0.1, -0.05) is 52.2 Å². The molecule has 0 aliphatic carbocycles. The molecule has 0 spiro atoms. The Labute approximate surface area is 131 Å². The minimum atomic E-state index is 0.985. The Kier molecular flexibility index (Phi) is 9.98. The summed E-state index contributed by atoms with van der Waals surface area (Å²) in [5.74, 6) is 0. The van der Waals surface area contributed by atoms with Crippen LogP contribution in [0.5, 0.6) is 0 Å². The highest BCUT2D eigenvalue weighted by atomic mass is 15.1. The summed E-state index contributed by atoms with van der Waals surface area (Å²) in [7, 11) is 0. The molecule has 0 saturated carbocycles. The van der Waals surface area contributed by atoms with E-state index in [-0.39, 0.29) is 0 Å². The zero-order chi connectivity index (χ0) is 15.3. The maximum atomic E-state index is 3.46. The molecule has 2 nitrogen and oxygen atoms in total. The van der Waals surface area contributed by atoms with Crippen molar-refractivity contribution in [2.75, 3.05) is 24.5 Å². The molecule has 0 heterocycles. The molecule has 1 aromatic carbocycles. The van der Waals surface area contributed by atoms with Crippen molar-refractivity contribution < 1.29 is 0 Å². The minimum absolute atomic E-state index is 0.985. The van der Waals surface area contributed by atoms with Crippen LogP contribution in [-0.4, -0.2) is 19.6 Å². The number of unbranched alkanes of at least 4 members (excludes halogenated alkanes) is 3. The first-order valence-electron chi connectivity index (χ1n) is 8.86. The Morgan fingerprint density at radius 1 is 0.810 bits per heavy atom. The molecular formula is C19H34N2. The van der Waals surface area contributed by atoms with Crippen molar-refractivity contribution >= 4 is 5.69 Å². The lowest BCUT2D eigenvalue weighted by Gasteiger charge is -2.25. The van der Waals surface area contributed by atoms with E-state index in [1.807, 2.05) is 0 Å². The van der Waals surface area contributed by atoms with Crippen molar-refractivity contribution in [3.8, 4) is 0 Å². The van der Waals surface area contributed by atoms with E-state index in [1.165, 1.54) is 62.9 Å². The van der Waals surface area contributed by atoms with E-state index in [9.17, 15) is 0 Å². The molecule has 120 valence electrons. The van der Waals surface area contributed by atoms with Gasteiger partial charge < -0.3 is 10.2 Å². The van der Waals surface area contributed by atoms with Gasteiger partial charge in [0.05, 0.1) is 0 Å². The van der Waals surface area contributed by atoms with Crippen molar-refractivity contribution in [2.24, 2.45) is 0 Å². The molecule has 1 aromatic rings. The zero-order valence-corrected chi connectivity index (χ0v) is 14.3. The second kappa shape index (κ2) is 11.6. The van der Waals surface area contributed by atoms with Crippen LogP contribution >= 0.6 is 0 Å². The summed E-state index contributed by atoms with van der Waals surface area (Å²) < 4.78 is 0. The largest absolute Gasteiger partial charge is 0.372 e. The fraction of sp³-hybridized carbons (Fsp3) is 0.684. The molecule has 0 aliphatic rings. The number of nitrogens with zero attached hydrogens (tertiary/aromatic N) is 1. The van der Waals surface area contributed by atoms with Crippen molar-refractivity contribution in [1.82, 2.24) is 5.32 Å². The summed E-state index contributed by atoms with van der Waals surface area (Å²) >= 11 is 0. The molecule has 0 unspecified atom stereocenters. The molecule has 21 heavy (non-hydrogen) atoms. The third-order valence-electron chi connectivity index (χ3n) is 3.87. The van der Waals surface area contributed by atoms with Crippen LogP contribution < -0.4 is 10.2 Å². The summed E-state index contributed by atoms with van der Waals surface area (Å²) in [6.45, 7) is 11.2. The van der Waals surface area contributed by atoms with Crippen LogP contribution in [0.15, 0.2) is 24.3 Å². The fourth-order valence-corrected chi connectivity index (χ4v) is 2.51. The lowest BCUT2D eigenvalue weighted by atomic mass is 10.1. The van der Waals surface area contributed by atoms with E-state index >= 15 is 0 Å². The van der Waals surface area contributed by atoms with Gasteiger partial charge in [0.2, 0.25) is 0 Å². The van der Waals surface area contributed by atoms with Gasteiger partial charge >= 0.3 is 0 Å². The average Bonchev–Trinajstić information content (AvgIpc) is 2.52. The monoisotopic (exact) mass is 290 g/mol. The predicted octanol–water partition coefficient (Wildman–Crippen LogP) is 4.98. The standard InChI is InChI=1S/C19H34N2/c1-4-7-9-16-21(15-8-5-2)19-12-10-18(11-13-19)17-20-14-6-3/h10-13,20H,4-9,14-17H2,1-3H3. The molecule has 1 rings (SSSR count). The van der Waals surface area contributed by atoms with E-state index in [2.05, 4.69) is 55.3 Å². The minimum Gasteiger partial charge on any atom is -0.372 e. The second-order valence-corrected chi connectivity index (χ2v) is 5.89. The summed E-state index contributed by atoms with van der Waals surface area (Å²) in [4.78, 5) is 2.56. The van der Waals surface area contributed by atoms with Crippen molar-refractivity contribution in [2.45, 2.75) is 65.8 Å². The smallest absolute Gasteiger partial charge is 0.0366 e. The van der Waals surface area contributed by atoms with E-state index in [0.717, 1.165) is 13.1 Å². The summed E-state index contributed by atoms with van der Waals surface area (Å²) in [5, 5.41) is 3.46. The third-order valence-corrected chi connectivity index (χ3v) is 3.87. The van der Waals surface area contributed by atoms with E-state index in [1.54, 1.807) is 0 Å². The lowest BCUT2D eigenvalue weighted by Crippen LogP contribution is -2.25. The Morgan fingerprint density at radius 3 is 2.10 bits per heavy atom. The topological polar surface area (TPSA) is 15.3 Å².